The lowest BCUT2D eigenvalue weighted by Crippen LogP contribution is -1.94. The van der Waals surface area contributed by atoms with Crippen LogP contribution in [0.1, 0.15) is 0 Å². The largest absolute Gasteiger partial charge is 0.203 e. The predicted octanol–water partition coefficient (Wildman–Crippen LogP) is 1.78. The van der Waals surface area contributed by atoms with E-state index < -0.39 is 6.51 Å². The highest BCUT2D eigenvalue weighted by atomic mass is 35.7. The van der Waals surface area contributed by atoms with Crippen LogP contribution in [0.2, 0.25) is 13.1 Å². The average Bonchev–Trinajstić information content (AvgIpc) is 1.36. The van der Waals surface area contributed by atoms with E-state index in [1.165, 1.54) is 0 Å². The number of hydrogen-bond donors (Lipinski definition) is 0. The Balaban J connectivity index is 3.68. The number of rotatable bonds is 0. The Kier molecular flexibility index (Phi) is 3.59. The first-order valence-corrected chi connectivity index (χ1v) is 8.65. The minimum atomic E-state index is -0.905. The molecule has 0 aromatic rings. The van der Waals surface area contributed by atoms with Gasteiger partial charge in [0.2, 0.25) is 6.51 Å². The van der Waals surface area contributed by atoms with Gasteiger partial charge >= 0.3 is 0 Å². The smallest absolute Gasteiger partial charge is 0.124 e. The molecular formula is C2H6Cl2Si2. The summed E-state index contributed by atoms with van der Waals surface area (Å²) in [5, 5.41) is 0. The molecule has 0 aliphatic rings. The summed E-state index contributed by atoms with van der Waals surface area (Å²) in [4.78, 5) is 0. The van der Waals surface area contributed by atoms with Crippen LogP contribution in [0.3, 0.4) is 0 Å². The highest BCUT2D eigenvalue weighted by molar-refractivity contribution is 7.43. The molecule has 0 atom stereocenters. The summed E-state index contributed by atoms with van der Waals surface area (Å²) in [7, 11) is -0.319. The van der Waals surface area contributed by atoms with Gasteiger partial charge in [-0.3, -0.25) is 0 Å². The summed E-state index contributed by atoms with van der Waals surface area (Å²) < 4.78 is 0. The van der Waals surface area contributed by atoms with Crippen LogP contribution in [0.15, 0.2) is 0 Å². The molecule has 0 N–H and O–H groups in total. The third-order valence-corrected chi connectivity index (χ3v) is 10.2. The van der Waals surface area contributed by atoms with Crippen molar-refractivity contribution in [2.45, 2.75) is 13.1 Å². The van der Waals surface area contributed by atoms with Crippen molar-refractivity contribution >= 4 is 36.6 Å². The Hall–Kier alpha value is 1.01. The molecule has 0 heterocycles. The van der Waals surface area contributed by atoms with Gasteiger partial charge in [0.1, 0.15) is 0 Å². The van der Waals surface area contributed by atoms with Gasteiger partial charge in [-0.1, -0.05) is 13.1 Å². The van der Waals surface area contributed by atoms with Crippen LogP contribution >= 0.6 is 22.2 Å². The fourth-order valence-electron chi connectivity index (χ4n) is 0. The summed E-state index contributed by atoms with van der Waals surface area (Å²) in [6, 6.07) is 0. The molecule has 0 aliphatic carbocycles. The Morgan fingerprint density at radius 2 is 1.33 bits per heavy atom. The van der Waals surface area contributed by atoms with Gasteiger partial charge in [-0.05, 0) is 0 Å². The molecule has 4 heteroatoms. The summed E-state index contributed by atoms with van der Waals surface area (Å²) in [5.41, 5.74) is 0. The SMILES string of the molecule is C[Si](C)=[Si](Cl)Cl. The molecule has 0 aliphatic heterocycles. The van der Waals surface area contributed by atoms with E-state index in [1.54, 1.807) is 0 Å². The number of halogens is 2. The van der Waals surface area contributed by atoms with E-state index in [1.807, 2.05) is 0 Å². The molecule has 0 bridgehead atoms. The Morgan fingerprint density at radius 1 is 1.17 bits per heavy atom. The second-order valence-electron chi connectivity index (χ2n) is 1.26. The number of hydrogen-bond acceptors (Lipinski definition) is 0. The van der Waals surface area contributed by atoms with Crippen LogP contribution in [-0.2, 0) is 0 Å². The van der Waals surface area contributed by atoms with E-state index in [-0.39, 0.29) is 7.89 Å². The van der Waals surface area contributed by atoms with Crippen molar-refractivity contribution < 1.29 is 0 Å². The van der Waals surface area contributed by atoms with Crippen molar-refractivity contribution in [3.8, 4) is 0 Å². The van der Waals surface area contributed by atoms with Crippen LogP contribution < -0.4 is 0 Å². The zero-order valence-corrected chi connectivity index (χ0v) is 7.27. The van der Waals surface area contributed by atoms with Crippen molar-refractivity contribution in [1.29, 1.82) is 0 Å². The fourth-order valence-corrected chi connectivity index (χ4v) is 0. The van der Waals surface area contributed by atoms with E-state index in [4.69, 9.17) is 22.2 Å². The quantitative estimate of drug-likeness (QED) is 0.371. The molecule has 0 nitrogen and oxygen atoms in total. The van der Waals surface area contributed by atoms with Crippen LogP contribution in [0.4, 0.5) is 0 Å². The lowest BCUT2D eigenvalue weighted by atomic mass is 11.9. The molecule has 0 saturated heterocycles. The molecule has 0 aromatic heterocycles. The monoisotopic (exact) mass is 156 g/mol. The molecule has 0 saturated carbocycles. The summed E-state index contributed by atoms with van der Waals surface area (Å²) >= 11 is 11.1. The zero-order valence-electron chi connectivity index (χ0n) is 3.76. The van der Waals surface area contributed by atoms with Crippen LogP contribution in [0.25, 0.3) is 0 Å². The first-order valence-electron chi connectivity index (χ1n) is 1.63. The van der Waals surface area contributed by atoms with Gasteiger partial charge < -0.3 is 0 Å². The Morgan fingerprint density at radius 3 is 1.33 bits per heavy atom. The maximum atomic E-state index is 5.53. The van der Waals surface area contributed by atoms with Crippen molar-refractivity contribution in [3.63, 3.8) is 0 Å². The molecule has 36 valence electrons. The van der Waals surface area contributed by atoms with E-state index in [0.717, 1.165) is 0 Å². The minimum Gasteiger partial charge on any atom is -0.124 e. The lowest BCUT2D eigenvalue weighted by molar-refractivity contribution is 2.12. The van der Waals surface area contributed by atoms with Gasteiger partial charge in [-0.15, -0.1) is 22.2 Å². The van der Waals surface area contributed by atoms with E-state index in [2.05, 4.69) is 13.1 Å². The summed E-state index contributed by atoms with van der Waals surface area (Å²) in [6.45, 7) is 3.34. The molecular weight excluding hydrogens is 151 g/mol. The molecule has 0 amide bonds. The average molecular weight is 157 g/mol. The zero-order chi connectivity index (χ0) is 5.15. The highest BCUT2D eigenvalue weighted by Crippen LogP contribution is 1.85. The molecule has 6 heavy (non-hydrogen) atoms. The molecule has 0 rings (SSSR count). The Bertz CT molecular complexity index is 59.6. The first-order chi connectivity index (χ1) is 2.64. The van der Waals surface area contributed by atoms with Crippen LogP contribution in [0, 0.1) is 0 Å². The maximum Gasteiger partial charge on any atom is 0.203 e. The van der Waals surface area contributed by atoms with E-state index in [9.17, 15) is 0 Å². The standard InChI is InChI=1S/C2H6Cl2Si2/c1-5(2)6(3)4/h1-2H3. The normalized spacial score (nSPS) is 8.00. The molecule has 0 fully saturated rings. The summed E-state index contributed by atoms with van der Waals surface area (Å²) in [6.07, 6.45) is 0. The van der Waals surface area contributed by atoms with E-state index >= 15 is 0 Å². The topological polar surface area (TPSA) is 0 Å². The molecule has 0 spiro atoms. The minimum absolute atomic E-state index is 0.319. The van der Waals surface area contributed by atoms with Gasteiger partial charge in [0.25, 0.3) is 0 Å². The van der Waals surface area contributed by atoms with Gasteiger partial charge in [0.05, 0.1) is 0 Å². The first kappa shape index (κ1) is 7.01. The van der Waals surface area contributed by atoms with Crippen LogP contribution in [-0.4, -0.2) is 14.4 Å². The van der Waals surface area contributed by atoms with Gasteiger partial charge in [-0.2, -0.15) is 0 Å². The van der Waals surface area contributed by atoms with Gasteiger partial charge in [0, 0.05) is 7.89 Å². The van der Waals surface area contributed by atoms with Crippen LogP contribution in [0.5, 0.6) is 0 Å². The van der Waals surface area contributed by atoms with Crippen molar-refractivity contribution in [1.82, 2.24) is 0 Å². The third-order valence-electron chi connectivity index (χ3n) is 0.378. The van der Waals surface area contributed by atoms with Gasteiger partial charge in [0.15, 0.2) is 0 Å². The second-order valence-corrected chi connectivity index (χ2v) is 13.0. The summed E-state index contributed by atoms with van der Waals surface area (Å²) in [5.74, 6) is 0. The highest BCUT2D eigenvalue weighted by Gasteiger charge is 1.85. The Labute approximate surface area is 50.0 Å². The van der Waals surface area contributed by atoms with E-state index in [0.29, 0.717) is 0 Å². The molecule has 0 aromatic carbocycles. The third kappa shape index (κ3) is 3.21. The second kappa shape index (κ2) is 3.07. The maximum absolute atomic E-state index is 5.53. The predicted molar refractivity (Wildman–Crippen MR) is 34.9 cm³/mol. The fraction of sp³-hybridized carbons (Fsp3) is 1.00. The van der Waals surface area contributed by atoms with Crippen molar-refractivity contribution in [2.75, 3.05) is 0 Å². The molecule has 0 radical (unpaired) electrons. The van der Waals surface area contributed by atoms with Crippen molar-refractivity contribution in [3.05, 3.63) is 0 Å². The molecule has 0 unspecified atom stereocenters. The lowest BCUT2D eigenvalue weighted by Gasteiger charge is -1.78. The van der Waals surface area contributed by atoms with Gasteiger partial charge in [-0.25, -0.2) is 0 Å². The van der Waals surface area contributed by atoms with Crippen molar-refractivity contribution in [2.24, 2.45) is 0 Å².